The average Bonchev–Trinajstić information content (AvgIpc) is 2.36. The Morgan fingerprint density at radius 1 is 1.44 bits per heavy atom. The summed E-state index contributed by atoms with van der Waals surface area (Å²) in [6, 6.07) is 8.57. The Morgan fingerprint density at radius 3 is 2.89 bits per heavy atom. The molecule has 0 saturated heterocycles. The fourth-order valence-corrected chi connectivity index (χ4v) is 2.60. The number of hydrogen-bond acceptors (Lipinski definition) is 3. The molecule has 2 atom stereocenters. The number of hydrogen-bond donors (Lipinski definition) is 2. The molecular formula is C15H24N2O. The second kappa shape index (κ2) is 5.29. The van der Waals surface area contributed by atoms with Crippen LogP contribution in [0.2, 0.25) is 0 Å². The van der Waals surface area contributed by atoms with Crippen molar-refractivity contribution in [2.24, 2.45) is 11.7 Å². The maximum absolute atomic E-state index is 10.0. The zero-order chi connectivity index (χ0) is 13.2. The van der Waals surface area contributed by atoms with Crippen molar-refractivity contribution < 1.29 is 5.11 Å². The lowest BCUT2D eigenvalue weighted by molar-refractivity contribution is 0.0617. The van der Waals surface area contributed by atoms with Crippen molar-refractivity contribution in [3.8, 4) is 0 Å². The minimum atomic E-state index is -0.754. The van der Waals surface area contributed by atoms with Crippen molar-refractivity contribution >= 4 is 5.69 Å². The SMILES string of the molecule is CC1Cc2ccccc2N(CCC(C)(O)CN)C1. The third-order valence-corrected chi connectivity index (χ3v) is 3.79. The molecule has 0 saturated carbocycles. The summed E-state index contributed by atoms with van der Waals surface area (Å²) in [6.45, 7) is 6.34. The van der Waals surface area contributed by atoms with E-state index in [0.29, 0.717) is 18.9 Å². The minimum absolute atomic E-state index is 0.318. The molecule has 1 aliphatic heterocycles. The molecule has 2 unspecified atom stereocenters. The van der Waals surface area contributed by atoms with Crippen LogP contribution in [0.4, 0.5) is 5.69 Å². The van der Waals surface area contributed by atoms with Crippen LogP contribution in [0.25, 0.3) is 0 Å². The van der Waals surface area contributed by atoms with Gasteiger partial charge >= 0.3 is 0 Å². The fourth-order valence-electron chi connectivity index (χ4n) is 2.60. The van der Waals surface area contributed by atoms with Gasteiger partial charge in [-0.25, -0.2) is 0 Å². The maximum atomic E-state index is 10.0. The highest BCUT2D eigenvalue weighted by atomic mass is 16.3. The van der Waals surface area contributed by atoms with Gasteiger partial charge in [-0.3, -0.25) is 0 Å². The van der Waals surface area contributed by atoms with Crippen LogP contribution in [0, 0.1) is 5.92 Å². The summed E-state index contributed by atoms with van der Waals surface area (Å²) in [6.07, 6.45) is 1.87. The zero-order valence-electron chi connectivity index (χ0n) is 11.4. The van der Waals surface area contributed by atoms with Gasteiger partial charge in [-0.2, -0.15) is 0 Å². The number of aliphatic hydroxyl groups is 1. The van der Waals surface area contributed by atoms with Crippen LogP contribution in [0.15, 0.2) is 24.3 Å². The van der Waals surface area contributed by atoms with Crippen molar-refractivity contribution in [1.82, 2.24) is 0 Å². The summed E-state index contributed by atoms with van der Waals surface area (Å²) in [5.74, 6) is 0.669. The van der Waals surface area contributed by atoms with Crippen LogP contribution < -0.4 is 10.6 Å². The van der Waals surface area contributed by atoms with Crippen LogP contribution >= 0.6 is 0 Å². The molecule has 1 aliphatic rings. The second-order valence-electron chi connectivity index (χ2n) is 5.84. The molecule has 0 radical (unpaired) electrons. The number of fused-ring (bicyclic) bond motifs is 1. The van der Waals surface area contributed by atoms with Gasteiger partial charge in [-0.05, 0) is 37.3 Å². The number of anilines is 1. The maximum Gasteiger partial charge on any atom is 0.0758 e. The minimum Gasteiger partial charge on any atom is -0.389 e. The molecule has 1 aromatic carbocycles. The standard InChI is InChI=1S/C15H24N2O/c1-12-9-13-5-3-4-6-14(13)17(10-12)8-7-15(2,18)11-16/h3-6,12,18H,7-11,16H2,1-2H3. The van der Waals surface area contributed by atoms with E-state index >= 15 is 0 Å². The van der Waals surface area contributed by atoms with Gasteiger partial charge in [0.2, 0.25) is 0 Å². The van der Waals surface area contributed by atoms with Crippen molar-refractivity contribution in [3.05, 3.63) is 29.8 Å². The Kier molecular flexibility index (Phi) is 3.93. The van der Waals surface area contributed by atoms with Gasteiger partial charge in [-0.1, -0.05) is 25.1 Å². The zero-order valence-corrected chi connectivity index (χ0v) is 11.4. The highest BCUT2D eigenvalue weighted by Crippen LogP contribution is 2.29. The van der Waals surface area contributed by atoms with E-state index in [0.717, 1.165) is 19.5 Å². The summed E-state index contributed by atoms with van der Waals surface area (Å²) < 4.78 is 0. The van der Waals surface area contributed by atoms with Gasteiger partial charge in [0.25, 0.3) is 0 Å². The van der Waals surface area contributed by atoms with Crippen molar-refractivity contribution in [2.45, 2.75) is 32.3 Å². The Balaban J connectivity index is 2.09. The summed E-state index contributed by atoms with van der Waals surface area (Å²) in [5, 5.41) is 10.0. The largest absolute Gasteiger partial charge is 0.389 e. The Labute approximate surface area is 110 Å². The number of benzene rings is 1. The highest BCUT2D eigenvalue weighted by molar-refractivity contribution is 5.55. The summed E-state index contributed by atoms with van der Waals surface area (Å²) in [4.78, 5) is 2.38. The average molecular weight is 248 g/mol. The third kappa shape index (κ3) is 3.03. The lowest BCUT2D eigenvalue weighted by Gasteiger charge is -2.36. The lowest BCUT2D eigenvalue weighted by atomic mass is 9.93. The summed E-state index contributed by atoms with van der Waals surface area (Å²) in [5.41, 5.74) is 7.56. The Hall–Kier alpha value is -1.06. The Morgan fingerprint density at radius 2 is 2.17 bits per heavy atom. The summed E-state index contributed by atoms with van der Waals surface area (Å²) in [7, 11) is 0. The molecule has 3 heteroatoms. The number of nitrogens with two attached hydrogens (primary N) is 1. The molecule has 0 aromatic heterocycles. The van der Waals surface area contributed by atoms with Gasteiger partial charge in [0.15, 0.2) is 0 Å². The highest BCUT2D eigenvalue weighted by Gasteiger charge is 2.24. The first-order valence-corrected chi connectivity index (χ1v) is 6.77. The fraction of sp³-hybridized carbons (Fsp3) is 0.600. The lowest BCUT2D eigenvalue weighted by Crippen LogP contribution is -2.41. The number of nitrogens with zero attached hydrogens (tertiary/aromatic N) is 1. The van der Waals surface area contributed by atoms with Crippen LogP contribution in [-0.2, 0) is 6.42 Å². The van der Waals surface area contributed by atoms with E-state index in [9.17, 15) is 5.11 Å². The first-order valence-electron chi connectivity index (χ1n) is 6.77. The van der Waals surface area contributed by atoms with E-state index in [2.05, 4.69) is 36.1 Å². The Bertz CT molecular complexity index is 403. The van der Waals surface area contributed by atoms with Gasteiger partial charge in [0, 0.05) is 25.3 Å². The van der Waals surface area contributed by atoms with Gasteiger partial charge in [0.05, 0.1) is 5.60 Å². The molecule has 18 heavy (non-hydrogen) atoms. The van der Waals surface area contributed by atoms with Crippen LogP contribution in [0.5, 0.6) is 0 Å². The predicted molar refractivity (Wildman–Crippen MR) is 75.8 cm³/mol. The van der Waals surface area contributed by atoms with Crippen molar-refractivity contribution in [2.75, 3.05) is 24.5 Å². The smallest absolute Gasteiger partial charge is 0.0758 e. The third-order valence-electron chi connectivity index (χ3n) is 3.79. The topological polar surface area (TPSA) is 49.5 Å². The van der Waals surface area contributed by atoms with Crippen LogP contribution in [0.1, 0.15) is 25.8 Å². The molecule has 0 fully saturated rings. The van der Waals surface area contributed by atoms with E-state index in [1.807, 2.05) is 6.92 Å². The van der Waals surface area contributed by atoms with E-state index in [1.165, 1.54) is 11.3 Å². The van der Waals surface area contributed by atoms with E-state index in [1.54, 1.807) is 0 Å². The molecule has 1 heterocycles. The molecule has 100 valence electrons. The number of para-hydroxylation sites is 1. The molecule has 0 bridgehead atoms. The molecule has 3 nitrogen and oxygen atoms in total. The van der Waals surface area contributed by atoms with E-state index < -0.39 is 5.60 Å². The van der Waals surface area contributed by atoms with Crippen LogP contribution in [0.3, 0.4) is 0 Å². The monoisotopic (exact) mass is 248 g/mol. The molecule has 0 amide bonds. The molecule has 0 spiro atoms. The number of rotatable bonds is 4. The predicted octanol–water partition coefficient (Wildman–Crippen LogP) is 1.78. The molecule has 3 N–H and O–H groups in total. The summed E-state index contributed by atoms with van der Waals surface area (Å²) >= 11 is 0. The van der Waals surface area contributed by atoms with Gasteiger partial charge < -0.3 is 15.7 Å². The quantitative estimate of drug-likeness (QED) is 0.854. The second-order valence-corrected chi connectivity index (χ2v) is 5.84. The molecular weight excluding hydrogens is 224 g/mol. The van der Waals surface area contributed by atoms with Crippen molar-refractivity contribution in [1.29, 1.82) is 0 Å². The first-order chi connectivity index (χ1) is 8.52. The molecule has 1 aromatic rings. The van der Waals surface area contributed by atoms with E-state index in [4.69, 9.17) is 5.73 Å². The van der Waals surface area contributed by atoms with Gasteiger partial charge in [-0.15, -0.1) is 0 Å². The van der Waals surface area contributed by atoms with Crippen molar-refractivity contribution in [3.63, 3.8) is 0 Å². The normalized spacial score (nSPS) is 22.4. The van der Waals surface area contributed by atoms with Crippen LogP contribution in [-0.4, -0.2) is 30.3 Å². The van der Waals surface area contributed by atoms with E-state index in [-0.39, 0.29) is 0 Å². The molecule has 0 aliphatic carbocycles. The first kappa shape index (κ1) is 13.4. The van der Waals surface area contributed by atoms with Gasteiger partial charge in [0.1, 0.15) is 0 Å². The molecule has 2 rings (SSSR count).